The van der Waals surface area contributed by atoms with E-state index in [2.05, 4.69) is 12.2 Å². The molecule has 1 aromatic rings. The van der Waals surface area contributed by atoms with Gasteiger partial charge in [0.2, 0.25) is 0 Å². The third kappa shape index (κ3) is 4.36. The normalized spacial score (nSPS) is 22.3. The lowest BCUT2D eigenvalue weighted by Crippen LogP contribution is -2.46. The van der Waals surface area contributed by atoms with E-state index in [0.29, 0.717) is 17.2 Å². The minimum atomic E-state index is -0.337. The highest BCUT2D eigenvalue weighted by molar-refractivity contribution is 5.75. The van der Waals surface area contributed by atoms with Gasteiger partial charge < -0.3 is 15.0 Å². The Balaban J connectivity index is 2.03. The van der Waals surface area contributed by atoms with Crippen molar-refractivity contribution in [3.8, 4) is 5.75 Å². The van der Waals surface area contributed by atoms with Crippen LogP contribution in [-0.4, -0.2) is 31.1 Å². The van der Waals surface area contributed by atoms with Crippen LogP contribution in [0.5, 0.6) is 5.75 Å². The first-order chi connectivity index (χ1) is 10.9. The van der Waals surface area contributed by atoms with Crippen LogP contribution in [0.3, 0.4) is 0 Å². The smallest absolute Gasteiger partial charge is 0.317 e. The van der Waals surface area contributed by atoms with Crippen LogP contribution < -0.4 is 10.1 Å². The molecule has 0 spiro atoms. The van der Waals surface area contributed by atoms with Crippen LogP contribution in [0.25, 0.3) is 0 Å². The van der Waals surface area contributed by atoms with Gasteiger partial charge in [0.1, 0.15) is 11.6 Å². The quantitative estimate of drug-likeness (QED) is 0.906. The molecule has 3 unspecified atom stereocenters. The highest BCUT2D eigenvalue weighted by Gasteiger charge is 2.26. The number of hydrogen-bond acceptors (Lipinski definition) is 2. The predicted octanol–water partition coefficient (Wildman–Crippen LogP) is 4.12. The summed E-state index contributed by atoms with van der Waals surface area (Å²) in [5, 5.41) is 2.95. The van der Waals surface area contributed by atoms with E-state index in [0.717, 1.165) is 19.3 Å². The number of amides is 2. The van der Waals surface area contributed by atoms with Gasteiger partial charge in [-0.05, 0) is 43.9 Å². The summed E-state index contributed by atoms with van der Waals surface area (Å²) < 4.78 is 18.8. The Kier molecular flexibility index (Phi) is 5.85. The maximum atomic E-state index is 13.5. The van der Waals surface area contributed by atoms with E-state index in [9.17, 15) is 9.18 Å². The maximum absolute atomic E-state index is 13.5. The molecule has 1 aliphatic rings. The molecule has 128 valence electrons. The first-order valence-electron chi connectivity index (χ1n) is 8.29. The largest absolute Gasteiger partial charge is 0.496 e. The number of rotatable bonds is 4. The number of nitrogens with zero attached hydrogens (tertiary/aromatic N) is 1. The first-order valence-corrected chi connectivity index (χ1v) is 8.29. The molecule has 0 bridgehead atoms. The molecule has 1 N–H and O–H groups in total. The van der Waals surface area contributed by atoms with E-state index in [1.165, 1.54) is 18.6 Å². The number of methoxy groups -OCH3 is 1. The third-order valence-corrected chi connectivity index (χ3v) is 4.78. The number of carbonyl (C=O) groups is 1. The second-order valence-corrected chi connectivity index (χ2v) is 6.59. The summed E-state index contributed by atoms with van der Waals surface area (Å²) in [6.45, 7) is 4.07. The van der Waals surface area contributed by atoms with Crippen molar-refractivity contribution in [3.05, 3.63) is 29.6 Å². The molecule has 4 nitrogen and oxygen atoms in total. The SMILES string of the molecule is COc1ccc(F)cc1C(C)NC(=O)N(C)C1CCCC(C)C1. The van der Waals surface area contributed by atoms with Crippen molar-refractivity contribution in [3.63, 3.8) is 0 Å². The molecule has 23 heavy (non-hydrogen) atoms. The number of halogens is 1. The Morgan fingerprint density at radius 1 is 1.43 bits per heavy atom. The lowest BCUT2D eigenvalue weighted by Gasteiger charge is -2.34. The van der Waals surface area contributed by atoms with E-state index < -0.39 is 0 Å². The van der Waals surface area contributed by atoms with Gasteiger partial charge in [-0.3, -0.25) is 0 Å². The molecule has 0 aliphatic heterocycles. The van der Waals surface area contributed by atoms with Gasteiger partial charge in [0.25, 0.3) is 0 Å². The number of nitrogens with one attached hydrogen (secondary N) is 1. The molecule has 0 aromatic heterocycles. The summed E-state index contributed by atoms with van der Waals surface area (Å²) in [7, 11) is 3.38. The lowest BCUT2D eigenvalue weighted by atomic mass is 9.86. The van der Waals surface area contributed by atoms with Crippen molar-refractivity contribution in [2.45, 2.75) is 51.6 Å². The summed E-state index contributed by atoms with van der Waals surface area (Å²) in [6, 6.07) is 4.18. The number of ether oxygens (including phenoxy) is 1. The van der Waals surface area contributed by atoms with Gasteiger partial charge >= 0.3 is 6.03 Å². The van der Waals surface area contributed by atoms with Crippen LogP contribution in [0.15, 0.2) is 18.2 Å². The van der Waals surface area contributed by atoms with E-state index >= 15 is 0 Å². The van der Waals surface area contributed by atoms with E-state index in [4.69, 9.17) is 4.74 Å². The van der Waals surface area contributed by atoms with Crippen molar-refractivity contribution in [2.24, 2.45) is 5.92 Å². The topological polar surface area (TPSA) is 41.6 Å². The van der Waals surface area contributed by atoms with Gasteiger partial charge in [0, 0.05) is 18.7 Å². The molecular formula is C18H27FN2O2. The molecule has 2 rings (SSSR count). The van der Waals surface area contributed by atoms with Crippen LogP contribution in [0.1, 0.15) is 51.1 Å². The Morgan fingerprint density at radius 2 is 2.17 bits per heavy atom. The average Bonchev–Trinajstić information content (AvgIpc) is 2.53. The molecule has 3 atom stereocenters. The van der Waals surface area contributed by atoms with Crippen LogP contribution in [0.4, 0.5) is 9.18 Å². The lowest BCUT2D eigenvalue weighted by molar-refractivity contribution is 0.158. The monoisotopic (exact) mass is 322 g/mol. The standard InChI is InChI=1S/C18H27FN2O2/c1-12-6-5-7-15(10-12)21(3)18(22)20-13(2)16-11-14(19)8-9-17(16)23-4/h8-9,11-13,15H,5-7,10H2,1-4H3,(H,20,22). The van der Waals surface area contributed by atoms with Crippen molar-refractivity contribution >= 4 is 6.03 Å². The maximum Gasteiger partial charge on any atom is 0.317 e. The summed E-state index contributed by atoms with van der Waals surface area (Å²) in [5.41, 5.74) is 0.645. The number of benzene rings is 1. The third-order valence-electron chi connectivity index (χ3n) is 4.78. The zero-order valence-corrected chi connectivity index (χ0v) is 14.4. The zero-order chi connectivity index (χ0) is 17.0. The molecule has 1 aromatic carbocycles. The van der Waals surface area contributed by atoms with E-state index in [-0.39, 0.29) is 23.9 Å². The van der Waals surface area contributed by atoms with Crippen LogP contribution in [0, 0.1) is 11.7 Å². The molecular weight excluding hydrogens is 295 g/mol. The second kappa shape index (κ2) is 7.66. The Bertz CT molecular complexity index is 550. The van der Waals surface area contributed by atoms with Crippen LogP contribution in [-0.2, 0) is 0 Å². The van der Waals surface area contributed by atoms with Crippen LogP contribution >= 0.6 is 0 Å². The first kappa shape index (κ1) is 17.6. The summed E-state index contributed by atoms with van der Waals surface area (Å²) in [6.07, 6.45) is 4.49. The highest BCUT2D eigenvalue weighted by atomic mass is 19.1. The summed E-state index contributed by atoms with van der Waals surface area (Å²) in [5.74, 6) is 0.897. The molecule has 1 saturated carbocycles. The fourth-order valence-electron chi connectivity index (χ4n) is 3.33. The average molecular weight is 322 g/mol. The van der Waals surface area contributed by atoms with Crippen molar-refractivity contribution < 1.29 is 13.9 Å². The molecule has 1 fully saturated rings. The van der Waals surface area contributed by atoms with Gasteiger partial charge in [-0.1, -0.05) is 19.8 Å². The molecule has 0 saturated heterocycles. The molecule has 5 heteroatoms. The summed E-state index contributed by atoms with van der Waals surface area (Å²) in [4.78, 5) is 14.3. The fourth-order valence-corrected chi connectivity index (χ4v) is 3.33. The van der Waals surface area contributed by atoms with E-state index in [1.807, 2.05) is 14.0 Å². The molecule has 0 radical (unpaired) electrons. The van der Waals surface area contributed by atoms with Crippen molar-refractivity contribution in [1.82, 2.24) is 10.2 Å². The van der Waals surface area contributed by atoms with Crippen molar-refractivity contribution in [1.29, 1.82) is 0 Å². The molecule has 2 amide bonds. The second-order valence-electron chi connectivity index (χ2n) is 6.59. The minimum Gasteiger partial charge on any atom is -0.496 e. The molecule has 1 aliphatic carbocycles. The van der Waals surface area contributed by atoms with Crippen LogP contribution in [0.2, 0.25) is 0 Å². The summed E-state index contributed by atoms with van der Waals surface area (Å²) >= 11 is 0. The van der Waals surface area contributed by atoms with Gasteiger partial charge in [-0.25, -0.2) is 9.18 Å². The fraction of sp³-hybridized carbons (Fsp3) is 0.611. The number of hydrogen-bond donors (Lipinski definition) is 1. The Hall–Kier alpha value is -1.78. The Morgan fingerprint density at radius 3 is 2.83 bits per heavy atom. The predicted molar refractivity (Wildman–Crippen MR) is 89.1 cm³/mol. The number of urea groups is 1. The van der Waals surface area contributed by atoms with Crippen molar-refractivity contribution in [2.75, 3.05) is 14.2 Å². The minimum absolute atomic E-state index is 0.122. The number of carbonyl (C=O) groups excluding carboxylic acids is 1. The van der Waals surface area contributed by atoms with Gasteiger partial charge in [0.15, 0.2) is 0 Å². The highest BCUT2D eigenvalue weighted by Crippen LogP contribution is 2.28. The van der Waals surface area contributed by atoms with E-state index in [1.54, 1.807) is 18.1 Å². The Labute approximate surface area is 138 Å². The molecule has 0 heterocycles. The van der Waals surface area contributed by atoms with Gasteiger partial charge in [-0.15, -0.1) is 0 Å². The zero-order valence-electron chi connectivity index (χ0n) is 14.4. The van der Waals surface area contributed by atoms with Gasteiger partial charge in [0.05, 0.1) is 13.2 Å². The van der Waals surface area contributed by atoms with Gasteiger partial charge in [-0.2, -0.15) is 0 Å².